The molecule has 6 rings (SSSR count). The Labute approximate surface area is 221 Å². The van der Waals surface area contributed by atoms with Gasteiger partial charge in [-0.15, -0.1) is 0 Å². The fourth-order valence-electron chi connectivity index (χ4n) is 4.54. The Morgan fingerprint density at radius 1 is 0.526 bits per heavy atom. The molecular formula is C32H28N4O2. The molecular weight excluding hydrogens is 472 g/mol. The van der Waals surface area contributed by atoms with E-state index in [2.05, 4.69) is 34.2 Å². The number of nitrogens with zero attached hydrogens (tertiary/aromatic N) is 4. The molecule has 6 nitrogen and oxygen atoms in total. The van der Waals surface area contributed by atoms with Crippen molar-refractivity contribution in [2.45, 2.75) is 26.9 Å². The van der Waals surface area contributed by atoms with Crippen molar-refractivity contribution in [3.05, 3.63) is 132 Å². The Morgan fingerprint density at radius 3 is 1.24 bits per heavy atom. The maximum Gasteiger partial charge on any atom is 0.195 e. The average Bonchev–Trinajstić information content (AvgIpc) is 3.49. The van der Waals surface area contributed by atoms with Gasteiger partial charge in [0.25, 0.3) is 0 Å². The van der Waals surface area contributed by atoms with E-state index in [-0.39, 0.29) is 11.6 Å². The first-order valence-corrected chi connectivity index (χ1v) is 12.5. The lowest BCUT2D eigenvalue weighted by molar-refractivity contribution is 0.0992. The Balaban J connectivity index is 0.000000155. The van der Waals surface area contributed by atoms with Gasteiger partial charge in [-0.25, -0.2) is 9.97 Å². The van der Waals surface area contributed by atoms with Gasteiger partial charge in [0.05, 0.1) is 22.1 Å². The number of benzene rings is 4. The highest BCUT2D eigenvalue weighted by atomic mass is 16.1. The molecule has 38 heavy (non-hydrogen) atoms. The van der Waals surface area contributed by atoms with E-state index in [1.807, 2.05) is 94.1 Å². The van der Waals surface area contributed by atoms with Crippen molar-refractivity contribution < 1.29 is 9.59 Å². The molecule has 0 fully saturated rings. The summed E-state index contributed by atoms with van der Waals surface area (Å²) in [5.41, 5.74) is 6.04. The predicted octanol–water partition coefficient (Wildman–Crippen LogP) is 6.57. The van der Waals surface area contributed by atoms with Crippen LogP contribution in [0.1, 0.15) is 46.2 Å². The van der Waals surface area contributed by atoms with Crippen molar-refractivity contribution in [1.82, 2.24) is 19.1 Å². The summed E-state index contributed by atoms with van der Waals surface area (Å²) >= 11 is 0. The van der Waals surface area contributed by atoms with Gasteiger partial charge in [-0.2, -0.15) is 0 Å². The van der Waals surface area contributed by atoms with Gasteiger partial charge in [0.15, 0.2) is 23.2 Å². The number of ketones is 2. The van der Waals surface area contributed by atoms with Crippen molar-refractivity contribution in [2.75, 3.05) is 0 Å². The van der Waals surface area contributed by atoms with Gasteiger partial charge in [-0.1, -0.05) is 84.9 Å². The van der Waals surface area contributed by atoms with Crippen LogP contribution in [-0.4, -0.2) is 30.7 Å². The van der Waals surface area contributed by atoms with E-state index in [0.29, 0.717) is 24.7 Å². The number of carbonyl (C=O) groups is 2. The summed E-state index contributed by atoms with van der Waals surface area (Å²) < 4.78 is 3.96. The average molecular weight is 501 g/mol. The lowest BCUT2D eigenvalue weighted by Gasteiger charge is -2.07. The highest BCUT2D eigenvalue weighted by Crippen LogP contribution is 2.19. The highest BCUT2D eigenvalue weighted by Gasteiger charge is 2.15. The van der Waals surface area contributed by atoms with E-state index < -0.39 is 0 Å². The van der Waals surface area contributed by atoms with Crippen LogP contribution in [0.4, 0.5) is 0 Å². The minimum atomic E-state index is -0.00729. The molecule has 2 heterocycles. The predicted molar refractivity (Wildman–Crippen MR) is 151 cm³/mol. The largest absolute Gasteiger partial charge is 0.317 e. The zero-order chi connectivity index (χ0) is 26.5. The number of aromatic nitrogens is 4. The smallest absolute Gasteiger partial charge is 0.195 e. The van der Waals surface area contributed by atoms with Crippen LogP contribution in [-0.2, 0) is 13.1 Å². The lowest BCUT2D eigenvalue weighted by atomic mass is 10.2. The minimum Gasteiger partial charge on any atom is -0.317 e. The zero-order valence-corrected chi connectivity index (χ0v) is 21.4. The lowest BCUT2D eigenvalue weighted by Crippen LogP contribution is -2.08. The van der Waals surface area contributed by atoms with Crippen molar-refractivity contribution in [2.24, 2.45) is 0 Å². The highest BCUT2D eigenvalue weighted by molar-refractivity contribution is 5.95. The van der Waals surface area contributed by atoms with Crippen molar-refractivity contribution in [3.63, 3.8) is 0 Å². The maximum absolute atomic E-state index is 11.7. The molecule has 0 atom stereocenters. The monoisotopic (exact) mass is 500 g/mol. The number of hydrogen-bond donors (Lipinski definition) is 0. The van der Waals surface area contributed by atoms with Gasteiger partial charge in [0, 0.05) is 26.9 Å². The summed E-state index contributed by atoms with van der Waals surface area (Å²) in [4.78, 5) is 32.3. The second-order valence-corrected chi connectivity index (χ2v) is 9.10. The Bertz CT molecular complexity index is 1590. The van der Waals surface area contributed by atoms with Crippen LogP contribution in [0.2, 0.25) is 0 Å². The summed E-state index contributed by atoms with van der Waals surface area (Å²) in [5.74, 6) is 1.02. The Hall–Kier alpha value is -4.84. The molecule has 0 radical (unpaired) electrons. The van der Waals surface area contributed by atoms with Crippen LogP contribution >= 0.6 is 0 Å². The second-order valence-electron chi connectivity index (χ2n) is 9.10. The first kappa shape index (κ1) is 24.8. The number of fused-ring (bicyclic) bond motifs is 2. The van der Waals surface area contributed by atoms with Gasteiger partial charge < -0.3 is 9.13 Å². The number of para-hydroxylation sites is 4. The standard InChI is InChI=1S/2C16H14N2O/c2*1-12(19)16-17-14-9-5-6-10-15(14)18(16)11-13-7-3-2-4-8-13/h2*2-10H,11H2,1H3. The molecule has 0 spiro atoms. The quantitative estimate of drug-likeness (QED) is 0.242. The topological polar surface area (TPSA) is 69.8 Å². The third-order valence-corrected chi connectivity index (χ3v) is 6.31. The Kier molecular flexibility index (Phi) is 7.22. The molecule has 4 aromatic carbocycles. The first-order valence-electron chi connectivity index (χ1n) is 12.5. The molecule has 6 heteroatoms. The molecule has 0 amide bonds. The third-order valence-electron chi connectivity index (χ3n) is 6.31. The number of hydrogen-bond acceptors (Lipinski definition) is 4. The molecule has 0 N–H and O–H groups in total. The summed E-state index contributed by atoms with van der Waals surface area (Å²) in [6.45, 7) is 4.44. The number of Topliss-reactive ketones (excluding diaryl/α,β-unsaturated/α-hetero) is 2. The summed E-state index contributed by atoms with van der Waals surface area (Å²) in [6, 6.07) is 35.9. The van der Waals surface area contributed by atoms with Crippen LogP contribution < -0.4 is 0 Å². The van der Waals surface area contributed by atoms with Crippen molar-refractivity contribution in [3.8, 4) is 0 Å². The van der Waals surface area contributed by atoms with Gasteiger partial charge in [-0.05, 0) is 35.4 Å². The van der Waals surface area contributed by atoms with E-state index in [0.717, 1.165) is 33.2 Å². The van der Waals surface area contributed by atoms with Crippen molar-refractivity contribution >= 4 is 33.6 Å². The molecule has 0 saturated heterocycles. The van der Waals surface area contributed by atoms with Crippen LogP contribution in [0.25, 0.3) is 22.1 Å². The Morgan fingerprint density at radius 2 is 0.868 bits per heavy atom. The maximum atomic E-state index is 11.7. The normalized spacial score (nSPS) is 10.8. The fourth-order valence-corrected chi connectivity index (χ4v) is 4.54. The van der Waals surface area contributed by atoms with E-state index in [1.54, 1.807) is 13.8 Å². The molecule has 0 aliphatic carbocycles. The number of rotatable bonds is 6. The molecule has 0 aliphatic heterocycles. The van der Waals surface area contributed by atoms with Crippen LogP contribution in [0.3, 0.4) is 0 Å². The van der Waals surface area contributed by atoms with Crippen LogP contribution in [0.5, 0.6) is 0 Å². The van der Waals surface area contributed by atoms with Crippen LogP contribution in [0.15, 0.2) is 109 Å². The van der Waals surface area contributed by atoms with E-state index in [4.69, 9.17) is 0 Å². The molecule has 0 bridgehead atoms. The minimum absolute atomic E-state index is 0.00729. The molecule has 0 saturated carbocycles. The van der Waals surface area contributed by atoms with Crippen LogP contribution in [0, 0.1) is 0 Å². The molecule has 188 valence electrons. The summed E-state index contributed by atoms with van der Waals surface area (Å²) in [5, 5.41) is 0. The molecule has 0 aliphatic rings. The zero-order valence-electron chi connectivity index (χ0n) is 21.4. The van der Waals surface area contributed by atoms with E-state index >= 15 is 0 Å². The molecule has 2 aromatic heterocycles. The third kappa shape index (κ3) is 5.30. The van der Waals surface area contributed by atoms with E-state index in [1.165, 1.54) is 0 Å². The SMILES string of the molecule is CC(=O)c1nc2ccccc2n1Cc1ccccc1.CC(=O)c1nc2ccccc2n1Cc1ccccc1. The second kappa shape index (κ2) is 11.0. The number of imidazole rings is 2. The van der Waals surface area contributed by atoms with Gasteiger partial charge in [0.2, 0.25) is 0 Å². The first-order chi connectivity index (χ1) is 18.5. The van der Waals surface area contributed by atoms with E-state index in [9.17, 15) is 9.59 Å². The van der Waals surface area contributed by atoms with Gasteiger partial charge in [-0.3, -0.25) is 9.59 Å². The summed E-state index contributed by atoms with van der Waals surface area (Å²) in [6.07, 6.45) is 0. The fraction of sp³-hybridized carbons (Fsp3) is 0.125. The summed E-state index contributed by atoms with van der Waals surface area (Å²) in [7, 11) is 0. The molecule has 6 aromatic rings. The molecule has 0 unspecified atom stereocenters. The van der Waals surface area contributed by atoms with Crippen molar-refractivity contribution in [1.29, 1.82) is 0 Å². The van der Waals surface area contributed by atoms with Gasteiger partial charge in [0.1, 0.15) is 0 Å². The number of carbonyl (C=O) groups excluding carboxylic acids is 2. The van der Waals surface area contributed by atoms with Gasteiger partial charge >= 0.3 is 0 Å².